The minimum Gasteiger partial charge on any atom is -0.493 e. The van der Waals surface area contributed by atoms with Gasteiger partial charge in [0.2, 0.25) is 5.91 Å². The third kappa shape index (κ3) is 6.83. The highest BCUT2D eigenvalue weighted by molar-refractivity contribution is 14.1. The topological polar surface area (TPSA) is 97.2 Å². The van der Waals surface area contributed by atoms with E-state index in [1.54, 1.807) is 12.1 Å². The van der Waals surface area contributed by atoms with Crippen molar-refractivity contribution in [3.05, 3.63) is 55.6 Å². The summed E-state index contributed by atoms with van der Waals surface area (Å²) in [6.45, 7) is -0.466. The third-order valence-electron chi connectivity index (χ3n) is 3.27. The predicted octanol–water partition coefficient (Wildman–Crippen LogP) is 3.22. The SMILES string of the molecule is COc1cc(/C=N/NC(=O)Cc2ccc(Br)cc2)cc(I)c1OCC(=O)O. The van der Waals surface area contributed by atoms with Crippen molar-refractivity contribution in [3.63, 3.8) is 0 Å². The summed E-state index contributed by atoms with van der Waals surface area (Å²) in [5, 5.41) is 12.7. The van der Waals surface area contributed by atoms with E-state index in [0.717, 1.165) is 10.0 Å². The van der Waals surface area contributed by atoms with Gasteiger partial charge in [0.05, 0.1) is 23.3 Å². The normalized spacial score (nSPS) is 10.6. The molecule has 142 valence electrons. The summed E-state index contributed by atoms with van der Waals surface area (Å²) in [6, 6.07) is 10.8. The lowest BCUT2D eigenvalue weighted by Gasteiger charge is -2.12. The maximum absolute atomic E-state index is 11.9. The molecule has 1 amide bonds. The zero-order valence-corrected chi connectivity index (χ0v) is 18.0. The maximum Gasteiger partial charge on any atom is 0.341 e. The van der Waals surface area contributed by atoms with E-state index < -0.39 is 12.6 Å². The molecule has 0 aromatic heterocycles. The Morgan fingerprint density at radius 2 is 2.00 bits per heavy atom. The fourth-order valence-electron chi connectivity index (χ4n) is 2.09. The number of carbonyl (C=O) groups excluding carboxylic acids is 1. The van der Waals surface area contributed by atoms with Crippen molar-refractivity contribution in [3.8, 4) is 11.5 Å². The summed E-state index contributed by atoms with van der Waals surface area (Å²) in [5.74, 6) is -0.591. The average Bonchev–Trinajstić information content (AvgIpc) is 2.62. The molecule has 0 aliphatic rings. The van der Waals surface area contributed by atoms with Crippen LogP contribution in [-0.2, 0) is 16.0 Å². The van der Waals surface area contributed by atoms with Crippen molar-refractivity contribution in [2.75, 3.05) is 13.7 Å². The molecule has 0 radical (unpaired) electrons. The molecule has 0 bridgehead atoms. The summed E-state index contributed by atoms with van der Waals surface area (Å²) in [5.41, 5.74) is 4.02. The zero-order chi connectivity index (χ0) is 19.8. The molecule has 2 N–H and O–H groups in total. The highest BCUT2D eigenvalue weighted by atomic mass is 127. The average molecular weight is 547 g/mol. The summed E-state index contributed by atoms with van der Waals surface area (Å²) in [7, 11) is 1.46. The molecule has 9 heteroatoms. The molecular weight excluding hydrogens is 531 g/mol. The van der Waals surface area contributed by atoms with Crippen LogP contribution < -0.4 is 14.9 Å². The second-order valence-corrected chi connectivity index (χ2v) is 7.39. The van der Waals surface area contributed by atoms with Crippen LogP contribution in [0.25, 0.3) is 0 Å². The lowest BCUT2D eigenvalue weighted by molar-refractivity contribution is -0.139. The second-order valence-electron chi connectivity index (χ2n) is 5.31. The number of halogens is 2. The lowest BCUT2D eigenvalue weighted by Crippen LogP contribution is -2.19. The van der Waals surface area contributed by atoms with Crippen LogP contribution in [0.4, 0.5) is 0 Å². The molecule has 0 fully saturated rings. The highest BCUT2D eigenvalue weighted by Gasteiger charge is 2.12. The van der Waals surface area contributed by atoms with Gasteiger partial charge in [0.25, 0.3) is 0 Å². The number of nitrogens with zero attached hydrogens (tertiary/aromatic N) is 1. The van der Waals surface area contributed by atoms with E-state index in [1.165, 1.54) is 13.3 Å². The van der Waals surface area contributed by atoms with Gasteiger partial charge in [-0.2, -0.15) is 5.10 Å². The number of ether oxygens (including phenoxy) is 2. The second kappa shape index (κ2) is 10.3. The van der Waals surface area contributed by atoms with Gasteiger partial charge in [-0.05, 0) is 58.0 Å². The van der Waals surface area contributed by atoms with Gasteiger partial charge in [0.1, 0.15) is 0 Å². The first-order chi connectivity index (χ1) is 12.9. The predicted molar refractivity (Wildman–Crippen MR) is 112 cm³/mol. The van der Waals surface area contributed by atoms with Crippen molar-refractivity contribution < 1.29 is 24.2 Å². The van der Waals surface area contributed by atoms with Crippen LogP contribution in [0.15, 0.2) is 46.0 Å². The summed E-state index contributed by atoms with van der Waals surface area (Å²) in [4.78, 5) is 22.6. The minimum absolute atomic E-state index is 0.216. The van der Waals surface area contributed by atoms with Gasteiger partial charge in [0, 0.05) is 4.47 Å². The van der Waals surface area contributed by atoms with Gasteiger partial charge >= 0.3 is 5.97 Å². The molecule has 2 aromatic rings. The van der Waals surface area contributed by atoms with E-state index in [1.807, 2.05) is 46.9 Å². The first-order valence-corrected chi connectivity index (χ1v) is 9.54. The number of aliphatic carboxylic acids is 1. The monoisotopic (exact) mass is 546 g/mol. The van der Waals surface area contributed by atoms with Crippen LogP contribution in [0.3, 0.4) is 0 Å². The van der Waals surface area contributed by atoms with Crippen LogP contribution >= 0.6 is 38.5 Å². The number of nitrogens with one attached hydrogen (secondary N) is 1. The fourth-order valence-corrected chi connectivity index (χ4v) is 3.14. The number of carboxylic acid groups (broad SMARTS) is 1. The Kier molecular flexibility index (Phi) is 8.04. The number of hydrogen-bond acceptors (Lipinski definition) is 5. The Hall–Kier alpha value is -2.14. The number of carboxylic acids is 1. The van der Waals surface area contributed by atoms with E-state index in [4.69, 9.17) is 14.6 Å². The van der Waals surface area contributed by atoms with Crippen LogP contribution in [0.1, 0.15) is 11.1 Å². The molecule has 0 heterocycles. The van der Waals surface area contributed by atoms with Crippen LogP contribution in [-0.4, -0.2) is 36.9 Å². The standard InChI is InChI=1S/C18H16BrIN2O5/c1-26-15-7-12(6-14(20)18(15)27-10-17(24)25)9-21-22-16(23)8-11-2-4-13(19)5-3-11/h2-7,9H,8,10H2,1H3,(H,22,23)(H,24,25)/b21-9+. The van der Waals surface area contributed by atoms with Crippen molar-refractivity contribution >= 4 is 56.6 Å². The maximum atomic E-state index is 11.9. The Bertz CT molecular complexity index is 856. The number of hydrazone groups is 1. The molecule has 0 aliphatic heterocycles. The number of amides is 1. The molecule has 0 atom stereocenters. The van der Waals surface area contributed by atoms with Gasteiger partial charge in [-0.25, -0.2) is 10.2 Å². The molecule has 0 saturated carbocycles. The number of carbonyl (C=O) groups is 2. The first-order valence-electron chi connectivity index (χ1n) is 7.67. The van der Waals surface area contributed by atoms with E-state index in [-0.39, 0.29) is 12.3 Å². The largest absolute Gasteiger partial charge is 0.493 e. The van der Waals surface area contributed by atoms with Gasteiger partial charge in [-0.15, -0.1) is 0 Å². The quantitative estimate of drug-likeness (QED) is 0.301. The van der Waals surface area contributed by atoms with Gasteiger partial charge < -0.3 is 14.6 Å². The lowest BCUT2D eigenvalue weighted by atomic mass is 10.1. The smallest absolute Gasteiger partial charge is 0.341 e. The Morgan fingerprint density at radius 3 is 2.63 bits per heavy atom. The zero-order valence-electron chi connectivity index (χ0n) is 14.2. The van der Waals surface area contributed by atoms with Gasteiger partial charge in [0.15, 0.2) is 18.1 Å². The molecule has 0 saturated heterocycles. The highest BCUT2D eigenvalue weighted by Crippen LogP contribution is 2.33. The molecule has 2 aromatic carbocycles. The molecule has 7 nitrogen and oxygen atoms in total. The van der Waals surface area contributed by atoms with E-state index in [9.17, 15) is 9.59 Å². The summed E-state index contributed by atoms with van der Waals surface area (Å²) < 4.78 is 12.1. The van der Waals surface area contributed by atoms with E-state index in [0.29, 0.717) is 20.6 Å². The van der Waals surface area contributed by atoms with Crippen molar-refractivity contribution in [2.24, 2.45) is 5.10 Å². The molecule has 0 aliphatic carbocycles. The van der Waals surface area contributed by atoms with Crippen LogP contribution in [0, 0.1) is 3.57 Å². The van der Waals surface area contributed by atoms with Crippen LogP contribution in [0.2, 0.25) is 0 Å². The van der Waals surface area contributed by atoms with Crippen molar-refractivity contribution in [1.82, 2.24) is 5.43 Å². The van der Waals surface area contributed by atoms with E-state index in [2.05, 4.69) is 26.5 Å². The Morgan fingerprint density at radius 1 is 1.30 bits per heavy atom. The Labute approximate surface area is 178 Å². The number of methoxy groups -OCH3 is 1. The number of hydrogen-bond donors (Lipinski definition) is 2. The fraction of sp³-hybridized carbons (Fsp3) is 0.167. The minimum atomic E-state index is -1.08. The third-order valence-corrected chi connectivity index (χ3v) is 4.60. The molecule has 0 unspecified atom stereocenters. The molecule has 2 rings (SSSR count). The number of rotatable bonds is 8. The van der Waals surface area contributed by atoms with E-state index >= 15 is 0 Å². The molecule has 27 heavy (non-hydrogen) atoms. The summed E-state index contributed by atoms with van der Waals surface area (Å²) >= 11 is 5.36. The molecule has 0 spiro atoms. The molecular formula is C18H16BrIN2O5. The Balaban J connectivity index is 2.01. The summed E-state index contributed by atoms with van der Waals surface area (Å²) in [6.07, 6.45) is 1.69. The van der Waals surface area contributed by atoms with Crippen molar-refractivity contribution in [1.29, 1.82) is 0 Å². The van der Waals surface area contributed by atoms with Gasteiger partial charge in [-0.3, -0.25) is 4.79 Å². The van der Waals surface area contributed by atoms with Crippen molar-refractivity contribution in [2.45, 2.75) is 6.42 Å². The number of benzene rings is 2. The van der Waals surface area contributed by atoms with Crippen LogP contribution in [0.5, 0.6) is 11.5 Å². The first kappa shape index (κ1) is 21.2. The van der Waals surface area contributed by atoms with Gasteiger partial charge in [-0.1, -0.05) is 28.1 Å².